The Bertz CT molecular complexity index is 1220. The summed E-state index contributed by atoms with van der Waals surface area (Å²) in [4.78, 5) is 38.9. The molecule has 3 amide bonds. The van der Waals surface area contributed by atoms with Crippen LogP contribution in [0, 0.1) is 6.92 Å². The molecule has 0 spiro atoms. The first-order chi connectivity index (χ1) is 15.0. The second-order valence-electron chi connectivity index (χ2n) is 7.08. The van der Waals surface area contributed by atoms with Gasteiger partial charge < -0.3 is 10.1 Å². The van der Waals surface area contributed by atoms with Gasteiger partial charge in [-0.05, 0) is 53.7 Å². The molecule has 31 heavy (non-hydrogen) atoms. The average molecular weight is 433 g/mol. The zero-order chi connectivity index (χ0) is 22.0. The van der Waals surface area contributed by atoms with Crippen molar-refractivity contribution in [3.05, 3.63) is 76.7 Å². The lowest BCUT2D eigenvalue weighted by Gasteiger charge is -2.13. The minimum absolute atomic E-state index is 0.253. The maximum Gasteiger partial charge on any atom is 0.294 e. The zero-order valence-electron chi connectivity index (χ0n) is 17.0. The van der Waals surface area contributed by atoms with Gasteiger partial charge in [0.05, 0.1) is 12.0 Å². The van der Waals surface area contributed by atoms with Gasteiger partial charge in [-0.3, -0.25) is 19.3 Å². The maximum absolute atomic E-state index is 12.9. The molecule has 7 heteroatoms. The fourth-order valence-corrected chi connectivity index (χ4v) is 4.17. The van der Waals surface area contributed by atoms with Crippen molar-refractivity contribution in [1.82, 2.24) is 4.90 Å². The summed E-state index contributed by atoms with van der Waals surface area (Å²) in [5.41, 5.74) is 2.40. The minimum atomic E-state index is -0.496. The number of anilines is 1. The molecular weight excluding hydrogens is 412 g/mol. The number of hydrogen-bond acceptors (Lipinski definition) is 5. The van der Waals surface area contributed by atoms with Crippen LogP contribution in [0.2, 0.25) is 0 Å². The Labute approximate surface area is 183 Å². The van der Waals surface area contributed by atoms with Gasteiger partial charge in [0.25, 0.3) is 11.1 Å². The summed E-state index contributed by atoms with van der Waals surface area (Å²) in [7, 11) is 1.56. The number of amides is 3. The van der Waals surface area contributed by atoms with E-state index in [1.54, 1.807) is 25.3 Å². The molecule has 156 valence electrons. The lowest BCUT2D eigenvalue weighted by molar-refractivity contribution is -0.127. The van der Waals surface area contributed by atoms with Gasteiger partial charge in [0.15, 0.2) is 0 Å². The second kappa shape index (κ2) is 8.65. The first-order valence-corrected chi connectivity index (χ1v) is 10.5. The Hall–Kier alpha value is -3.58. The monoisotopic (exact) mass is 432 g/mol. The topological polar surface area (TPSA) is 75.7 Å². The highest BCUT2D eigenvalue weighted by Crippen LogP contribution is 2.36. The SMILES string of the molecule is COc1ccc2ccccc2c1C=C1SC(=O)N(CC(=O)Nc2ccc(C)cc2)C1=O. The molecule has 1 aliphatic heterocycles. The Morgan fingerprint density at radius 2 is 1.81 bits per heavy atom. The number of imide groups is 1. The number of carbonyl (C=O) groups is 3. The number of fused-ring (bicyclic) bond motifs is 1. The molecule has 6 nitrogen and oxygen atoms in total. The number of aryl methyl sites for hydroxylation is 1. The minimum Gasteiger partial charge on any atom is -0.496 e. The molecule has 3 aromatic carbocycles. The second-order valence-corrected chi connectivity index (χ2v) is 8.08. The zero-order valence-corrected chi connectivity index (χ0v) is 17.9. The van der Waals surface area contributed by atoms with Crippen LogP contribution in [0.1, 0.15) is 11.1 Å². The van der Waals surface area contributed by atoms with Crippen molar-refractivity contribution in [3.63, 3.8) is 0 Å². The highest BCUT2D eigenvalue weighted by Gasteiger charge is 2.36. The molecule has 1 heterocycles. The van der Waals surface area contributed by atoms with Crippen LogP contribution >= 0.6 is 11.8 Å². The Kier molecular flexibility index (Phi) is 5.77. The fourth-order valence-electron chi connectivity index (χ4n) is 3.35. The molecule has 0 unspecified atom stereocenters. The van der Waals surface area contributed by atoms with E-state index in [1.165, 1.54) is 0 Å². The largest absolute Gasteiger partial charge is 0.496 e. The molecule has 0 atom stereocenters. The van der Waals surface area contributed by atoms with Gasteiger partial charge in [0.2, 0.25) is 5.91 Å². The van der Waals surface area contributed by atoms with Crippen molar-refractivity contribution in [3.8, 4) is 5.75 Å². The third-order valence-electron chi connectivity index (χ3n) is 4.94. The number of nitrogens with zero attached hydrogens (tertiary/aromatic N) is 1. The number of methoxy groups -OCH3 is 1. The van der Waals surface area contributed by atoms with E-state index in [-0.39, 0.29) is 11.4 Å². The van der Waals surface area contributed by atoms with Gasteiger partial charge in [0, 0.05) is 11.3 Å². The van der Waals surface area contributed by atoms with Crippen molar-refractivity contribution in [1.29, 1.82) is 0 Å². The highest BCUT2D eigenvalue weighted by molar-refractivity contribution is 8.18. The van der Waals surface area contributed by atoms with Gasteiger partial charge in [-0.15, -0.1) is 0 Å². The highest BCUT2D eigenvalue weighted by atomic mass is 32.2. The molecule has 3 aromatic rings. The molecule has 0 radical (unpaired) electrons. The molecule has 1 saturated heterocycles. The molecule has 1 aliphatic rings. The number of benzene rings is 3. The van der Waals surface area contributed by atoms with E-state index >= 15 is 0 Å². The number of thioether (sulfide) groups is 1. The van der Waals surface area contributed by atoms with Gasteiger partial charge in [0.1, 0.15) is 12.3 Å². The molecule has 1 N–H and O–H groups in total. The Morgan fingerprint density at radius 1 is 1.06 bits per heavy atom. The number of ether oxygens (including phenoxy) is 1. The van der Waals surface area contributed by atoms with Crippen LogP contribution in [0.25, 0.3) is 16.8 Å². The van der Waals surface area contributed by atoms with Crippen molar-refractivity contribution < 1.29 is 19.1 Å². The standard InChI is InChI=1S/C24H20N2O4S/c1-15-7-10-17(11-8-15)25-22(27)14-26-23(28)21(31-24(26)29)13-19-18-6-4-3-5-16(18)9-12-20(19)30-2/h3-13H,14H2,1-2H3,(H,25,27). The predicted octanol–water partition coefficient (Wildman–Crippen LogP) is 4.83. The van der Waals surface area contributed by atoms with E-state index in [4.69, 9.17) is 4.74 Å². The fraction of sp³-hybridized carbons (Fsp3) is 0.125. The molecular formula is C24H20N2O4S. The number of rotatable bonds is 5. The lowest BCUT2D eigenvalue weighted by Crippen LogP contribution is -2.36. The summed E-state index contributed by atoms with van der Waals surface area (Å²) in [6, 6.07) is 18.8. The molecule has 0 bridgehead atoms. The van der Waals surface area contributed by atoms with Crippen LogP contribution in [0.15, 0.2) is 65.6 Å². The van der Waals surface area contributed by atoms with Crippen molar-refractivity contribution in [2.45, 2.75) is 6.92 Å². The maximum atomic E-state index is 12.9. The van der Waals surface area contributed by atoms with Gasteiger partial charge in [-0.1, -0.05) is 48.0 Å². The van der Waals surface area contributed by atoms with Gasteiger partial charge >= 0.3 is 0 Å². The number of nitrogens with one attached hydrogen (secondary N) is 1. The molecule has 0 aliphatic carbocycles. The van der Waals surface area contributed by atoms with Gasteiger partial charge in [-0.2, -0.15) is 0 Å². The summed E-state index contributed by atoms with van der Waals surface area (Å²) < 4.78 is 5.46. The van der Waals surface area contributed by atoms with E-state index in [0.717, 1.165) is 38.6 Å². The van der Waals surface area contributed by atoms with Crippen LogP contribution in [0.3, 0.4) is 0 Å². The van der Waals surface area contributed by atoms with Crippen LogP contribution in [-0.4, -0.2) is 35.6 Å². The summed E-state index contributed by atoms with van der Waals surface area (Å²) in [6.45, 7) is 1.60. The Balaban J connectivity index is 1.57. The first-order valence-electron chi connectivity index (χ1n) is 9.64. The van der Waals surface area contributed by atoms with E-state index in [2.05, 4.69) is 5.32 Å². The summed E-state index contributed by atoms with van der Waals surface area (Å²) >= 11 is 0.818. The van der Waals surface area contributed by atoms with Crippen LogP contribution < -0.4 is 10.1 Å². The van der Waals surface area contributed by atoms with Gasteiger partial charge in [-0.25, -0.2) is 0 Å². The van der Waals surface area contributed by atoms with E-state index in [0.29, 0.717) is 11.4 Å². The summed E-state index contributed by atoms with van der Waals surface area (Å²) in [5.74, 6) is -0.332. The number of carbonyl (C=O) groups excluding carboxylic acids is 3. The predicted molar refractivity (Wildman–Crippen MR) is 123 cm³/mol. The lowest BCUT2D eigenvalue weighted by atomic mass is 10.0. The van der Waals surface area contributed by atoms with Crippen LogP contribution in [-0.2, 0) is 9.59 Å². The number of hydrogen-bond donors (Lipinski definition) is 1. The van der Waals surface area contributed by atoms with E-state index in [9.17, 15) is 14.4 Å². The normalized spacial score (nSPS) is 15.0. The van der Waals surface area contributed by atoms with E-state index < -0.39 is 17.1 Å². The smallest absolute Gasteiger partial charge is 0.294 e. The Morgan fingerprint density at radius 3 is 2.55 bits per heavy atom. The first kappa shape index (κ1) is 20.7. The van der Waals surface area contributed by atoms with Crippen molar-refractivity contribution >= 4 is 51.4 Å². The summed E-state index contributed by atoms with van der Waals surface area (Å²) in [5, 5.41) is 4.13. The third kappa shape index (κ3) is 4.32. The molecule has 0 aromatic heterocycles. The third-order valence-corrected chi connectivity index (χ3v) is 5.84. The summed E-state index contributed by atoms with van der Waals surface area (Å²) in [6.07, 6.45) is 1.66. The quantitative estimate of drug-likeness (QED) is 0.585. The molecule has 4 rings (SSSR count). The van der Waals surface area contributed by atoms with Crippen molar-refractivity contribution in [2.24, 2.45) is 0 Å². The molecule has 1 fully saturated rings. The van der Waals surface area contributed by atoms with Crippen molar-refractivity contribution in [2.75, 3.05) is 19.0 Å². The average Bonchev–Trinajstić information content (AvgIpc) is 3.03. The van der Waals surface area contributed by atoms with E-state index in [1.807, 2.05) is 55.5 Å². The van der Waals surface area contributed by atoms with Crippen LogP contribution in [0.4, 0.5) is 10.5 Å². The van der Waals surface area contributed by atoms with Crippen LogP contribution in [0.5, 0.6) is 5.75 Å². The molecule has 0 saturated carbocycles.